The molecule has 1 aromatic rings. The summed E-state index contributed by atoms with van der Waals surface area (Å²) >= 11 is 0. The number of fused-ring (bicyclic) bond motifs is 3. The van der Waals surface area contributed by atoms with Crippen LogP contribution in [0.5, 0.6) is 5.75 Å². The third-order valence-corrected chi connectivity index (χ3v) is 4.36. The van der Waals surface area contributed by atoms with Gasteiger partial charge in [0.05, 0.1) is 12.6 Å². The molecule has 3 heterocycles. The molecule has 2 bridgehead atoms. The van der Waals surface area contributed by atoms with Crippen molar-refractivity contribution in [2.75, 3.05) is 44.6 Å². The molecule has 1 atom stereocenters. The molecule has 134 valence electrons. The lowest BCUT2D eigenvalue weighted by molar-refractivity contribution is 0.0174. The number of nitrogens with one attached hydrogen (secondary N) is 1. The summed E-state index contributed by atoms with van der Waals surface area (Å²) in [6, 6.07) is 8.29. The second kappa shape index (κ2) is 8.87. The molecule has 0 spiro atoms. The summed E-state index contributed by atoms with van der Waals surface area (Å²) in [6.07, 6.45) is 0.178. The van der Waals surface area contributed by atoms with E-state index in [9.17, 15) is 0 Å². The molecule has 0 radical (unpaired) electrons. The average molecular weight is 445 g/mol. The minimum Gasteiger partial charge on any atom is -0.491 e. The Balaban J connectivity index is 0.00000208. The number of hydrogen-bond donors (Lipinski definition) is 2. The van der Waals surface area contributed by atoms with E-state index in [1.165, 1.54) is 13.1 Å². The second-order valence-corrected chi connectivity index (χ2v) is 6.53. The van der Waals surface area contributed by atoms with Crippen LogP contribution in [0.3, 0.4) is 0 Å². The minimum absolute atomic E-state index is 0. The third kappa shape index (κ3) is 5.22. The van der Waals surface area contributed by atoms with E-state index in [-0.39, 0.29) is 30.1 Å². The number of hydrogen-bond acceptors (Lipinski definition) is 4. The first kappa shape index (κ1) is 19.3. The Labute approximate surface area is 161 Å². The van der Waals surface area contributed by atoms with Gasteiger partial charge in [0.15, 0.2) is 5.96 Å². The predicted octanol–water partition coefficient (Wildman–Crippen LogP) is 1.82. The number of rotatable bonds is 5. The van der Waals surface area contributed by atoms with Crippen LogP contribution in [0.4, 0.5) is 5.69 Å². The number of nitrogens with two attached hydrogens (primary N) is 1. The molecule has 3 saturated heterocycles. The highest BCUT2D eigenvalue weighted by Crippen LogP contribution is 2.17. The Morgan fingerprint density at radius 1 is 1.25 bits per heavy atom. The molecule has 3 aliphatic heterocycles. The summed E-state index contributed by atoms with van der Waals surface area (Å²) in [5, 5.41) is 3.15. The summed E-state index contributed by atoms with van der Waals surface area (Å²) < 4.78 is 5.63. The molecule has 0 aliphatic carbocycles. The van der Waals surface area contributed by atoms with Crippen LogP contribution in [-0.2, 0) is 0 Å². The molecule has 1 aromatic carbocycles. The van der Waals surface area contributed by atoms with Gasteiger partial charge in [-0.1, -0.05) is 0 Å². The van der Waals surface area contributed by atoms with Crippen LogP contribution < -0.4 is 15.8 Å². The van der Waals surface area contributed by atoms with Crippen LogP contribution in [0.15, 0.2) is 29.3 Å². The van der Waals surface area contributed by atoms with E-state index in [4.69, 9.17) is 10.5 Å². The summed E-state index contributed by atoms with van der Waals surface area (Å²) in [4.78, 5) is 9.55. The molecule has 7 heteroatoms. The lowest BCUT2D eigenvalue weighted by atomic mass is 10.1. The van der Waals surface area contributed by atoms with Crippen LogP contribution in [0, 0.1) is 0 Å². The van der Waals surface area contributed by atoms with Gasteiger partial charge in [0.25, 0.3) is 0 Å². The molecule has 0 amide bonds. The van der Waals surface area contributed by atoms with Gasteiger partial charge in [-0.05, 0) is 38.1 Å². The molecule has 3 fully saturated rings. The van der Waals surface area contributed by atoms with Crippen molar-refractivity contribution in [1.82, 2.24) is 9.80 Å². The quantitative estimate of drug-likeness (QED) is 0.411. The van der Waals surface area contributed by atoms with Crippen LogP contribution >= 0.6 is 24.0 Å². The SMILES string of the molecule is CC(C)Oc1ccc(NC(N)=NCC2CN3CCN2CC3)cc1.I. The lowest BCUT2D eigenvalue weighted by Crippen LogP contribution is -2.61. The van der Waals surface area contributed by atoms with Crippen molar-refractivity contribution in [2.24, 2.45) is 10.7 Å². The maximum atomic E-state index is 6.02. The highest BCUT2D eigenvalue weighted by Gasteiger charge is 2.31. The molecular formula is C17H28IN5O. The fraction of sp³-hybridized carbons (Fsp3) is 0.588. The summed E-state index contributed by atoms with van der Waals surface area (Å²) in [6.45, 7) is 10.6. The van der Waals surface area contributed by atoms with Gasteiger partial charge in [0, 0.05) is 44.5 Å². The van der Waals surface area contributed by atoms with Gasteiger partial charge in [-0.2, -0.15) is 0 Å². The van der Waals surface area contributed by atoms with Crippen LogP contribution in [0.2, 0.25) is 0 Å². The van der Waals surface area contributed by atoms with Gasteiger partial charge >= 0.3 is 0 Å². The molecule has 1 unspecified atom stereocenters. The van der Waals surface area contributed by atoms with Crippen LogP contribution in [0.1, 0.15) is 13.8 Å². The van der Waals surface area contributed by atoms with Gasteiger partial charge in [-0.3, -0.25) is 14.8 Å². The maximum absolute atomic E-state index is 6.02. The zero-order chi connectivity index (χ0) is 16.2. The van der Waals surface area contributed by atoms with E-state index in [2.05, 4.69) is 20.1 Å². The Morgan fingerprint density at radius 3 is 2.46 bits per heavy atom. The van der Waals surface area contributed by atoms with Crippen molar-refractivity contribution in [3.63, 3.8) is 0 Å². The Morgan fingerprint density at radius 2 is 1.92 bits per heavy atom. The highest BCUT2D eigenvalue weighted by atomic mass is 127. The summed E-state index contributed by atoms with van der Waals surface area (Å²) in [7, 11) is 0. The van der Waals surface area contributed by atoms with E-state index in [0.29, 0.717) is 12.0 Å². The monoisotopic (exact) mass is 445 g/mol. The first-order chi connectivity index (χ1) is 11.1. The maximum Gasteiger partial charge on any atom is 0.193 e. The van der Waals surface area contributed by atoms with Crippen LogP contribution in [0.25, 0.3) is 0 Å². The molecule has 0 saturated carbocycles. The minimum atomic E-state index is 0. The zero-order valence-corrected chi connectivity index (χ0v) is 16.8. The highest BCUT2D eigenvalue weighted by molar-refractivity contribution is 14.0. The van der Waals surface area contributed by atoms with Gasteiger partial charge < -0.3 is 15.8 Å². The largest absolute Gasteiger partial charge is 0.491 e. The fourth-order valence-electron chi connectivity index (χ4n) is 3.18. The van der Waals surface area contributed by atoms with E-state index in [1.807, 2.05) is 38.1 Å². The van der Waals surface area contributed by atoms with Crippen molar-refractivity contribution in [1.29, 1.82) is 0 Å². The van der Waals surface area contributed by atoms with Gasteiger partial charge in [-0.15, -0.1) is 24.0 Å². The van der Waals surface area contributed by atoms with Gasteiger partial charge in [-0.25, -0.2) is 0 Å². The number of benzene rings is 1. The Hall–Kier alpha value is -1.06. The topological polar surface area (TPSA) is 66.1 Å². The normalized spacial score (nSPS) is 26.1. The fourth-order valence-corrected chi connectivity index (χ4v) is 3.18. The molecule has 6 nitrogen and oxygen atoms in total. The molecule has 4 rings (SSSR count). The first-order valence-corrected chi connectivity index (χ1v) is 8.40. The molecule has 24 heavy (non-hydrogen) atoms. The van der Waals surface area contributed by atoms with Crippen molar-refractivity contribution in [2.45, 2.75) is 26.0 Å². The van der Waals surface area contributed by atoms with Gasteiger partial charge in [0.2, 0.25) is 0 Å². The molecule has 3 N–H and O–H groups in total. The zero-order valence-electron chi connectivity index (χ0n) is 14.4. The van der Waals surface area contributed by atoms with Crippen molar-refractivity contribution < 1.29 is 4.74 Å². The lowest BCUT2D eigenvalue weighted by Gasteiger charge is -2.47. The summed E-state index contributed by atoms with van der Waals surface area (Å²) in [5.74, 6) is 1.33. The number of aliphatic imine (C=N–C) groups is 1. The Kier molecular flexibility index (Phi) is 7.12. The second-order valence-electron chi connectivity index (χ2n) is 6.53. The number of piperazine rings is 3. The van der Waals surface area contributed by atoms with Crippen molar-refractivity contribution in [3.05, 3.63) is 24.3 Å². The van der Waals surface area contributed by atoms with E-state index in [0.717, 1.165) is 37.6 Å². The van der Waals surface area contributed by atoms with Crippen molar-refractivity contribution in [3.8, 4) is 5.75 Å². The van der Waals surface area contributed by atoms with E-state index < -0.39 is 0 Å². The first-order valence-electron chi connectivity index (χ1n) is 8.40. The number of halogens is 1. The standard InChI is InChI=1S/C17H27N5O.HI/c1-13(2)23-16-5-3-14(4-6-16)20-17(18)19-11-15-12-21-7-9-22(15)10-8-21;/h3-6,13,15H,7-12H2,1-2H3,(H3,18,19,20);1H. The average Bonchev–Trinajstić information content (AvgIpc) is 2.55. The Bertz CT molecular complexity index is 540. The summed E-state index contributed by atoms with van der Waals surface area (Å²) in [5.41, 5.74) is 6.94. The molecular weight excluding hydrogens is 417 g/mol. The third-order valence-electron chi connectivity index (χ3n) is 4.36. The molecule has 3 aliphatic rings. The van der Waals surface area contributed by atoms with E-state index in [1.54, 1.807) is 0 Å². The van der Waals surface area contributed by atoms with Crippen molar-refractivity contribution >= 4 is 35.6 Å². The van der Waals surface area contributed by atoms with Gasteiger partial charge in [0.1, 0.15) is 5.75 Å². The van der Waals surface area contributed by atoms with E-state index >= 15 is 0 Å². The predicted molar refractivity (Wildman–Crippen MR) is 110 cm³/mol. The number of guanidine groups is 1. The smallest absolute Gasteiger partial charge is 0.193 e. The number of nitrogens with zero attached hydrogens (tertiary/aromatic N) is 3. The van der Waals surface area contributed by atoms with Crippen LogP contribution in [-0.4, -0.2) is 67.2 Å². The molecule has 0 aromatic heterocycles. The number of anilines is 1. The number of ether oxygens (including phenoxy) is 1.